The van der Waals surface area contributed by atoms with E-state index in [1.165, 1.54) is 17.1 Å². The summed E-state index contributed by atoms with van der Waals surface area (Å²) in [6, 6.07) is 0. The third-order valence-corrected chi connectivity index (χ3v) is 3.78. The summed E-state index contributed by atoms with van der Waals surface area (Å²) in [5, 5.41) is 3.51. The van der Waals surface area contributed by atoms with Crippen molar-refractivity contribution in [2.45, 2.75) is 39.0 Å². The monoisotopic (exact) mass is 225 g/mol. The molecule has 0 spiro atoms. The van der Waals surface area contributed by atoms with Gasteiger partial charge in [0.2, 0.25) is 0 Å². The van der Waals surface area contributed by atoms with Gasteiger partial charge in [0.05, 0.1) is 17.3 Å². The first-order valence-corrected chi connectivity index (χ1v) is 6.65. The van der Waals surface area contributed by atoms with Crippen LogP contribution < -0.4 is 0 Å². The van der Waals surface area contributed by atoms with Crippen molar-refractivity contribution in [2.24, 2.45) is 5.92 Å². The van der Waals surface area contributed by atoms with Crippen LogP contribution in [0.4, 0.5) is 0 Å². The molecule has 1 atom stereocenters. The molecule has 2 nitrogen and oxygen atoms in total. The Morgan fingerprint density at radius 1 is 1.60 bits per heavy atom. The third kappa shape index (κ3) is 3.02. The first-order valence-electron chi connectivity index (χ1n) is 5.77. The lowest BCUT2D eigenvalue weighted by Gasteiger charge is -2.02. The van der Waals surface area contributed by atoms with Gasteiger partial charge in [-0.15, -0.1) is 11.3 Å². The van der Waals surface area contributed by atoms with Gasteiger partial charge in [-0.1, -0.05) is 13.8 Å². The number of thiazole rings is 1. The van der Waals surface area contributed by atoms with Crippen LogP contribution in [-0.4, -0.2) is 18.2 Å². The number of rotatable bonds is 4. The Morgan fingerprint density at radius 3 is 3.13 bits per heavy atom. The maximum Gasteiger partial charge on any atom is 0.0928 e. The lowest BCUT2D eigenvalue weighted by atomic mass is 10.1. The SMILES string of the molecule is CC(C)CCc1nc([C@H]2CCOC2)cs1. The van der Waals surface area contributed by atoms with Gasteiger partial charge in [-0.25, -0.2) is 4.98 Å². The Bertz CT molecular complexity index is 302. The second kappa shape index (κ2) is 5.08. The molecule has 0 aliphatic carbocycles. The molecule has 15 heavy (non-hydrogen) atoms. The van der Waals surface area contributed by atoms with Crippen molar-refractivity contribution in [1.82, 2.24) is 4.98 Å². The number of hydrogen-bond donors (Lipinski definition) is 0. The molecule has 1 fully saturated rings. The Kier molecular flexibility index (Phi) is 3.76. The van der Waals surface area contributed by atoms with E-state index in [4.69, 9.17) is 9.72 Å². The van der Waals surface area contributed by atoms with Gasteiger partial charge < -0.3 is 4.74 Å². The van der Waals surface area contributed by atoms with Gasteiger partial charge in [0.1, 0.15) is 0 Å². The fourth-order valence-electron chi connectivity index (χ4n) is 1.81. The predicted molar refractivity (Wildman–Crippen MR) is 63.5 cm³/mol. The minimum atomic E-state index is 0.564. The van der Waals surface area contributed by atoms with Crippen molar-refractivity contribution >= 4 is 11.3 Å². The molecule has 1 aromatic rings. The van der Waals surface area contributed by atoms with Crippen molar-refractivity contribution in [3.8, 4) is 0 Å². The van der Waals surface area contributed by atoms with Gasteiger partial charge in [0, 0.05) is 17.9 Å². The van der Waals surface area contributed by atoms with Crippen molar-refractivity contribution in [3.63, 3.8) is 0 Å². The second-order valence-electron chi connectivity index (χ2n) is 4.66. The molecule has 2 rings (SSSR count). The van der Waals surface area contributed by atoms with Gasteiger partial charge >= 0.3 is 0 Å². The highest BCUT2D eigenvalue weighted by Gasteiger charge is 2.20. The van der Waals surface area contributed by atoms with Crippen LogP contribution >= 0.6 is 11.3 Å². The molecular weight excluding hydrogens is 206 g/mol. The first kappa shape index (κ1) is 11.1. The van der Waals surface area contributed by atoms with Gasteiger partial charge in [-0.05, 0) is 25.2 Å². The molecule has 0 radical (unpaired) electrons. The maximum absolute atomic E-state index is 5.38. The van der Waals surface area contributed by atoms with Gasteiger partial charge in [-0.3, -0.25) is 0 Å². The molecule has 1 aliphatic rings. The predicted octanol–water partition coefficient (Wildman–Crippen LogP) is 3.24. The largest absolute Gasteiger partial charge is 0.381 e. The molecule has 0 unspecified atom stereocenters. The van der Waals surface area contributed by atoms with Crippen LogP contribution in [0, 0.1) is 5.92 Å². The standard InChI is InChI=1S/C12H19NOS/c1-9(2)3-4-12-13-11(8-15-12)10-5-6-14-7-10/h8-10H,3-7H2,1-2H3/t10-/m0/s1. The zero-order valence-corrected chi connectivity index (χ0v) is 10.3. The van der Waals surface area contributed by atoms with Crippen LogP contribution in [0.5, 0.6) is 0 Å². The normalized spacial score (nSPS) is 21.4. The number of aryl methyl sites for hydroxylation is 1. The van der Waals surface area contributed by atoms with E-state index < -0.39 is 0 Å². The van der Waals surface area contributed by atoms with E-state index in [0.717, 1.165) is 32.0 Å². The summed E-state index contributed by atoms with van der Waals surface area (Å²) in [6.07, 6.45) is 3.53. The second-order valence-corrected chi connectivity index (χ2v) is 5.60. The Labute approximate surface area is 95.7 Å². The van der Waals surface area contributed by atoms with E-state index in [9.17, 15) is 0 Å². The molecule has 1 aliphatic heterocycles. The minimum absolute atomic E-state index is 0.564. The summed E-state index contributed by atoms with van der Waals surface area (Å²) in [7, 11) is 0. The molecule has 2 heterocycles. The quantitative estimate of drug-likeness (QED) is 0.785. The average Bonchev–Trinajstić information content (AvgIpc) is 2.85. The van der Waals surface area contributed by atoms with Crippen molar-refractivity contribution in [2.75, 3.05) is 13.2 Å². The van der Waals surface area contributed by atoms with Crippen LogP contribution in [0.15, 0.2) is 5.38 Å². The highest BCUT2D eigenvalue weighted by Crippen LogP contribution is 2.26. The molecule has 0 amide bonds. The van der Waals surface area contributed by atoms with Crippen LogP contribution in [0.3, 0.4) is 0 Å². The van der Waals surface area contributed by atoms with Crippen molar-refractivity contribution in [3.05, 3.63) is 16.1 Å². The molecule has 3 heteroatoms. The highest BCUT2D eigenvalue weighted by molar-refractivity contribution is 7.09. The number of hydrogen-bond acceptors (Lipinski definition) is 3. The molecular formula is C12H19NOS. The Morgan fingerprint density at radius 2 is 2.47 bits per heavy atom. The van der Waals surface area contributed by atoms with E-state index in [2.05, 4.69) is 19.2 Å². The average molecular weight is 225 g/mol. The molecule has 0 aromatic carbocycles. The Hall–Kier alpha value is -0.410. The molecule has 0 saturated carbocycles. The first-order chi connectivity index (χ1) is 7.25. The number of ether oxygens (including phenoxy) is 1. The highest BCUT2D eigenvalue weighted by atomic mass is 32.1. The lowest BCUT2D eigenvalue weighted by molar-refractivity contribution is 0.193. The van der Waals surface area contributed by atoms with Gasteiger partial charge in [-0.2, -0.15) is 0 Å². The smallest absolute Gasteiger partial charge is 0.0928 e. The summed E-state index contributed by atoms with van der Waals surface area (Å²) in [5.74, 6) is 1.33. The van der Waals surface area contributed by atoms with E-state index in [-0.39, 0.29) is 0 Å². The van der Waals surface area contributed by atoms with Gasteiger partial charge in [0.15, 0.2) is 0 Å². The third-order valence-electron chi connectivity index (χ3n) is 2.85. The van der Waals surface area contributed by atoms with Crippen LogP contribution in [0.1, 0.15) is 43.3 Å². The molecule has 1 saturated heterocycles. The summed E-state index contributed by atoms with van der Waals surface area (Å²) in [6.45, 7) is 6.30. The maximum atomic E-state index is 5.38. The van der Waals surface area contributed by atoms with E-state index in [0.29, 0.717) is 5.92 Å². The zero-order chi connectivity index (χ0) is 10.7. The fraction of sp³-hybridized carbons (Fsp3) is 0.750. The van der Waals surface area contributed by atoms with Crippen LogP contribution in [0.25, 0.3) is 0 Å². The summed E-state index contributed by atoms with van der Waals surface area (Å²) in [5.41, 5.74) is 1.26. The molecule has 0 N–H and O–H groups in total. The van der Waals surface area contributed by atoms with Crippen molar-refractivity contribution in [1.29, 1.82) is 0 Å². The molecule has 84 valence electrons. The van der Waals surface area contributed by atoms with E-state index >= 15 is 0 Å². The lowest BCUT2D eigenvalue weighted by Crippen LogP contribution is -1.98. The van der Waals surface area contributed by atoms with E-state index in [1.54, 1.807) is 0 Å². The van der Waals surface area contributed by atoms with Crippen LogP contribution in [0.2, 0.25) is 0 Å². The number of aromatic nitrogens is 1. The summed E-state index contributed by atoms with van der Waals surface area (Å²) in [4.78, 5) is 4.70. The fourth-order valence-corrected chi connectivity index (χ4v) is 2.70. The summed E-state index contributed by atoms with van der Waals surface area (Å²) >= 11 is 1.81. The topological polar surface area (TPSA) is 22.1 Å². The molecule has 0 bridgehead atoms. The van der Waals surface area contributed by atoms with E-state index in [1.807, 2.05) is 11.3 Å². The minimum Gasteiger partial charge on any atom is -0.381 e. The van der Waals surface area contributed by atoms with Crippen LogP contribution in [-0.2, 0) is 11.2 Å². The zero-order valence-electron chi connectivity index (χ0n) is 9.53. The summed E-state index contributed by atoms with van der Waals surface area (Å²) < 4.78 is 5.38. The Balaban J connectivity index is 1.91. The molecule has 1 aromatic heterocycles. The van der Waals surface area contributed by atoms with Crippen molar-refractivity contribution < 1.29 is 4.74 Å². The van der Waals surface area contributed by atoms with Gasteiger partial charge in [0.25, 0.3) is 0 Å². The number of nitrogens with zero attached hydrogens (tertiary/aromatic N) is 1.